The molecule has 1 unspecified atom stereocenters. The number of carbonyl (C=O) groups is 2. The van der Waals surface area contributed by atoms with E-state index in [1.807, 2.05) is 55.4 Å². The Morgan fingerprint density at radius 2 is 1.76 bits per heavy atom. The predicted molar refractivity (Wildman–Crippen MR) is 138 cm³/mol. The molecular weight excluding hydrogens is 428 g/mol. The van der Waals surface area contributed by atoms with Crippen molar-refractivity contribution >= 4 is 23.1 Å². The van der Waals surface area contributed by atoms with Gasteiger partial charge in [-0.2, -0.15) is 0 Å². The normalized spacial score (nSPS) is 15.6. The summed E-state index contributed by atoms with van der Waals surface area (Å²) >= 11 is 0. The summed E-state index contributed by atoms with van der Waals surface area (Å²) in [4.78, 5) is 30.7. The van der Waals surface area contributed by atoms with E-state index in [0.717, 1.165) is 49.5 Å². The quantitative estimate of drug-likeness (QED) is 0.484. The molecule has 0 aliphatic carbocycles. The van der Waals surface area contributed by atoms with Gasteiger partial charge in [0.1, 0.15) is 5.75 Å². The zero-order chi connectivity index (χ0) is 24.5. The molecule has 2 aromatic carbocycles. The lowest BCUT2D eigenvalue weighted by molar-refractivity contribution is -0.118. The van der Waals surface area contributed by atoms with Crippen molar-refractivity contribution in [2.75, 3.05) is 63.7 Å². The fraction of sp³-hybridized carbons (Fsp3) is 0.481. The Labute approximate surface area is 203 Å². The number of benzene rings is 2. The first kappa shape index (κ1) is 25.7. The van der Waals surface area contributed by atoms with Crippen LogP contribution in [-0.2, 0) is 4.79 Å². The molecule has 0 spiro atoms. The van der Waals surface area contributed by atoms with Crippen molar-refractivity contribution in [3.8, 4) is 5.75 Å². The van der Waals surface area contributed by atoms with Crippen LogP contribution in [0.1, 0.15) is 36.5 Å². The van der Waals surface area contributed by atoms with Gasteiger partial charge >= 0.3 is 0 Å². The number of unbranched alkanes of at least 4 members (excludes halogenated alkanes) is 1. The van der Waals surface area contributed by atoms with Gasteiger partial charge in [0.15, 0.2) is 5.78 Å². The van der Waals surface area contributed by atoms with Crippen LogP contribution >= 0.6 is 0 Å². The monoisotopic (exact) mass is 466 g/mol. The summed E-state index contributed by atoms with van der Waals surface area (Å²) in [5, 5.41) is 3.39. The molecule has 2 aromatic rings. The van der Waals surface area contributed by atoms with Crippen molar-refractivity contribution in [1.82, 2.24) is 10.2 Å². The fourth-order valence-electron chi connectivity index (χ4n) is 4.05. The maximum Gasteiger partial charge on any atom is 0.258 e. The van der Waals surface area contributed by atoms with Crippen LogP contribution in [0, 0.1) is 0 Å². The van der Waals surface area contributed by atoms with Crippen LogP contribution in [0.3, 0.4) is 0 Å². The molecule has 1 N–H and O–H groups in total. The van der Waals surface area contributed by atoms with Crippen LogP contribution in [0.15, 0.2) is 48.5 Å². The van der Waals surface area contributed by atoms with Gasteiger partial charge in [-0.3, -0.25) is 9.59 Å². The first-order valence-electron chi connectivity index (χ1n) is 12.1. The Morgan fingerprint density at radius 1 is 1.06 bits per heavy atom. The summed E-state index contributed by atoms with van der Waals surface area (Å²) in [6.45, 7) is 5.52. The molecule has 7 nitrogen and oxygen atoms in total. The minimum atomic E-state index is -0.0549. The first-order valence-corrected chi connectivity index (χ1v) is 12.1. The third kappa shape index (κ3) is 7.30. The van der Waals surface area contributed by atoms with E-state index in [9.17, 15) is 9.59 Å². The summed E-state index contributed by atoms with van der Waals surface area (Å²) in [6, 6.07) is 15.7. The Balaban J connectivity index is 1.51. The van der Waals surface area contributed by atoms with Crippen LogP contribution in [0.5, 0.6) is 5.75 Å². The van der Waals surface area contributed by atoms with Crippen molar-refractivity contribution in [3.63, 3.8) is 0 Å². The number of anilines is 2. The van der Waals surface area contributed by atoms with Crippen molar-refractivity contribution in [1.29, 1.82) is 0 Å². The summed E-state index contributed by atoms with van der Waals surface area (Å²) in [5.74, 6) is 0.942. The van der Waals surface area contributed by atoms with Gasteiger partial charge < -0.3 is 24.8 Å². The van der Waals surface area contributed by atoms with E-state index >= 15 is 0 Å². The number of likely N-dealkylation sites (N-methyl/N-ethyl adjacent to an activating group) is 1. The topological polar surface area (TPSA) is 65.1 Å². The number of Topliss-reactive ketones (excluding diaryl/α,β-unsaturated/α-hetero) is 1. The van der Waals surface area contributed by atoms with Crippen molar-refractivity contribution in [2.24, 2.45) is 0 Å². The van der Waals surface area contributed by atoms with E-state index in [-0.39, 0.29) is 11.7 Å². The SMILES string of the molecule is CCCCOc1ccc(C(=O)N(C)c2ccc(N3CCC(NCC(=O)CN(C)C)C3)cc2)cc1. The Bertz CT molecular complexity index is 928. The lowest BCUT2D eigenvalue weighted by atomic mass is 10.1. The molecular formula is C27H38N4O3. The number of amides is 1. The summed E-state index contributed by atoms with van der Waals surface area (Å²) in [6.07, 6.45) is 3.12. The van der Waals surface area contributed by atoms with Gasteiger partial charge in [0.2, 0.25) is 0 Å². The standard InChI is InChI=1S/C27H38N4O3/c1-5-6-17-34-26-13-7-21(8-14-26)27(33)30(4)23-9-11-24(12-10-23)31-16-15-22(19-31)28-18-25(32)20-29(2)3/h7-14,22,28H,5-6,15-20H2,1-4H3. The number of carbonyl (C=O) groups excluding carboxylic acids is 2. The van der Waals surface area contributed by atoms with Crippen molar-refractivity contribution < 1.29 is 14.3 Å². The van der Waals surface area contributed by atoms with Gasteiger partial charge in [-0.1, -0.05) is 13.3 Å². The molecule has 0 aromatic heterocycles. The first-order chi connectivity index (χ1) is 16.4. The van der Waals surface area contributed by atoms with Crippen LogP contribution in [0.4, 0.5) is 11.4 Å². The van der Waals surface area contributed by atoms with Gasteiger partial charge in [-0.15, -0.1) is 0 Å². The minimum Gasteiger partial charge on any atom is -0.494 e. The van der Waals surface area contributed by atoms with E-state index in [0.29, 0.717) is 31.3 Å². The predicted octanol–water partition coefficient (Wildman–Crippen LogP) is 3.44. The number of nitrogens with one attached hydrogen (secondary N) is 1. The number of nitrogens with zero attached hydrogens (tertiary/aromatic N) is 3. The molecule has 1 aliphatic heterocycles. The lowest BCUT2D eigenvalue weighted by Crippen LogP contribution is -2.38. The molecule has 1 saturated heterocycles. The summed E-state index contributed by atoms with van der Waals surface area (Å²) in [7, 11) is 5.61. The molecule has 184 valence electrons. The van der Waals surface area contributed by atoms with Gasteiger partial charge in [0.05, 0.1) is 19.7 Å². The molecule has 1 amide bonds. The Morgan fingerprint density at radius 3 is 2.41 bits per heavy atom. The maximum atomic E-state index is 12.9. The Hall–Kier alpha value is -2.90. The molecule has 3 rings (SSSR count). The highest BCUT2D eigenvalue weighted by Crippen LogP contribution is 2.25. The lowest BCUT2D eigenvalue weighted by Gasteiger charge is -2.22. The number of hydrogen-bond acceptors (Lipinski definition) is 6. The van der Waals surface area contributed by atoms with E-state index in [1.54, 1.807) is 11.9 Å². The highest BCUT2D eigenvalue weighted by atomic mass is 16.5. The molecule has 0 bridgehead atoms. The molecule has 0 radical (unpaired) electrons. The second kappa shape index (κ2) is 12.5. The van der Waals surface area contributed by atoms with E-state index in [2.05, 4.69) is 29.3 Å². The third-order valence-corrected chi connectivity index (χ3v) is 6.04. The third-order valence-electron chi connectivity index (χ3n) is 6.04. The van der Waals surface area contributed by atoms with Crippen LogP contribution < -0.4 is 19.9 Å². The summed E-state index contributed by atoms with van der Waals surface area (Å²) < 4.78 is 5.69. The Kier molecular flexibility index (Phi) is 9.48. The van der Waals surface area contributed by atoms with Crippen molar-refractivity contribution in [3.05, 3.63) is 54.1 Å². The molecule has 0 saturated carbocycles. The number of ether oxygens (including phenoxy) is 1. The van der Waals surface area contributed by atoms with Crippen LogP contribution in [0.25, 0.3) is 0 Å². The van der Waals surface area contributed by atoms with Crippen molar-refractivity contribution in [2.45, 2.75) is 32.2 Å². The van der Waals surface area contributed by atoms with E-state index in [1.165, 1.54) is 0 Å². The van der Waals surface area contributed by atoms with Gasteiger partial charge in [0, 0.05) is 43.1 Å². The van der Waals surface area contributed by atoms with Crippen LogP contribution in [-0.4, -0.2) is 76.6 Å². The molecule has 1 heterocycles. The average molecular weight is 467 g/mol. The second-order valence-corrected chi connectivity index (χ2v) is 9.20. The smallest absolute Gasteiger partial charge is 0.258 e. The number of ketones is 1. The fourth-order valence-corrected chi connectivity index (χ4v) is 4.05. The number of rotatable bonds is 12. The van der Waals surface area contributed by atoms with E-state index < -0.39 is 0 Å². The average Bonchev–Trinajstić information content (AvgIpc) is 3.31. The minimum absolute atomic E-state index is 0.0549. The second-order valence-electron chi connectivity index (χ2n) is 9.20. The van der Waals surface area contributed by atoms with Gasteiger partial charge in [-0.05, 0) is 75.5 Å². The summed E-state index contributed by atoms with van der Waals surface area (Å²) in [5.41, 5.74) is 2.61. The molecule has 1 aliphatic rings. The van der Waals surface area contributed by atoms with Crippen LogP contribution in [0.2, 0.25) is 0 Å². The molecule has 1 fully saturated rings. The van der Waals surface area contributed by atoms with Gasteiger partial charge in [-0.25, -0.2) is 0 Å². The van der Waals surface area contributed by atoms with E-state index in [4.69, 9.17) is 4.74 Å². The molecule has 7 heteroatoms. The largest absolute Gasteiger partial charge is 0.494 e. The molecule has 34 heavy (non-hydrogen) atoms. The number of hydrogen-bond donors (Lipinski definition) is 1. The van der Waals surface area contributed by atoms with Gasteiger partial charge in [0.25, 0.3) is 5.91 Å². The zero-order valence-corrected chi connectivity index (χ0v) is 20.9. The highest BCUT2D eigenvalue weighted by molar-refractivity contribution is 6.05. The maximum absolute atomic E-state index is 12.9. The highest BCUT2D eigenvalue weighted by Gasteiger charge is 2.23. The molecule has 1 atom stereocenters. The zero-order valence-electron chi connectivity index (χ0n) is 20.9.